The Morgan fingerprint density at radius 3 is 2.53 bits per heavy atom. The molecule has 4 nitrogen and oxygen atoms in total. The molecule has 0 radical (unpaired) electrons. The van der Waals surface area contributed by atoms with Gasteiger partial charge in [0.2, 0.25) is 0 Å². The van der Waals surface area contributed by atoms with Crippen molar-refractivity contribution in [1.29, 1.82) is 0 Å². The van der Waals surface area contributed by atoms with E-state index in [9.17, 15) is 4.79 Å². The van der Waals surface area contributed by atoms with Crippen molar-refractivity contribution in [2.75, 3.05) is 39.9 Å². The summed E-state index contributed by atoms with van der Waals surface area (Å²) in [7, 11) is 2.03. The van der Waals surface area contributed by atoms with Gasteiger partial charge in [-0.25, -0.2) is 4.79 Å². The highest BCUT2D eigenvalue weighted by molar-refractivity contribution is 5.81. The first-order valence-electron chi connectivity index (χ1n) is 4.81. The molecule has 0 aliphatic heterocycles. The number of nitrogens with zero attached hydrogens (tertiary/aromatic N) is 1. The summed E-state index contributed by atoms with van der Waals surface area (Å²) in [6, 6.07) is 0. The van der Waals surface area contributed by atoms with Crippen LogP contribution in [0.15, 0.2) is 12.7 Å². The molecule has 0 saturated carbocycles. The van der Waals surface area contributed by atoms with Gasteiger partial charge in [0.25, 0.3) is 0 Å². The quantitative estimate of drug-likeness (QED) is 0.295. The van der Waals surface area contributed by atoms with E-state index in [0.717, 1.165) is 19.2 Å². The van der Waals surface area contributed by atoms with Gasteiger partial charge >= 0.3 is 5.97 Å². The van der Waals surface area contributed by atoms with Crippen LogP contribution < -0.4 is 12.4 Å². The number of rotatable bonds is 7. The lowest BCUT2D eigenvalue weighted by Crippen LogP contribution is -3.00. The van der Waals surface area contributed by atoms with Crippen molar-refractivity contribution >= 4 is 5.97 Å². The van der Waals surface area contributed by atoms with E-state index in [-0.39, 0.29) is 19.0 Å². The number of aliphatic hydroxyl groups is 1. The highest BCUT2D eigenvalue weighted by atomic mass is 35.5. The molecule has 5 heteroatoms. The van der Waals surface area contributed by atoms with Gasteiger partial charge in [0.15, 0.2) is 0 Å². The Morgan fingerprint density at radius 1 is 1.53 bits per heavy atom. The lowest BCUT2D eigenvalue weighted by atomic mass is 10.4. The first kappa shape index (κ1) is 16.8. The number of quaternary nitrogens is 1. The second kappa shape index (κ2) is 8.71. The van der Waals surface area contributed by atoms with E-state index in [1.807, 2.05) is 14.0 Å². The maximum Gasteiger partial charge on any atom is 0.330 e. The number of esters is 1. The van der Waals surface area contributed by atoms with Gasteiger partial charge in [0.05, 0.1) is 20.2 Å². The Hall–Kier alpha value is -0.580. The Morgan fingerprint density at radius 2 is 2.13 bits per heavy atom. The summed E-state index contributed by atoms with van der Waals surface area (Å²) in [5, 5.41) is 8.85. The number of carbonyl (C=O) groups excluding carboxylic acids is 1. The number of aliphatic hydroxyl groups excluding tert-OH is 1. The number of halogens is 1. The maximum absolute atomic E-state index is 10.7. The van der Waals surface area contributed by atoms with Gasteiger partial charge in [-0.1, -0.05) is 6.58 Å². The molecule has 0 fully saturated rings. The molecule has 1 unspecified atom stereocenters. The van der Waals surface area contributed by atoms with Crippen molar-refractivity contribution in [2.45, 2.75) is 6.92 Å². The fraction of sp³-hybridized carbons (Fsp3) is 0.700. The van der Waals surface area contributed by atoms with Crippen molar-refractivity contribution in [3.8, 4) is 0 Å². The second-order valence-corrected chi connectivity index (χ2v) is 3.48. The van der Waals surface area contributed by atoms with Crippen LogP contribution in [-0.4, -0.2) is 55.5 Å². The molecule has 0 saturated heterocycles. The van der Waals surface area contributed by atoms with Crippen molar-refractivity contribution in [2.24, 2.45) is 0 Å². The van der Waals surface area contributed by atoms with Crippen molar-refractivity contribution in [3.05, 3.63) is 12.7 Å². The third-order valence-corrected chi connectivity index (χ3v) is 2.45. The van der Waals surface area contributed by atoms with E-state index in [1.54, 1.807) is 0 Å². The smallest absolute Gasteiger partial charge is 0.330 e. The van der Waals surface area contributed by atoms with Crippen LogP contribution >= 0.6 is 0 Å². The average molecular weight is 238 g/mol. The molecule has 1 N–H and O–H groups in total. The zero-order valence-electron chi connectivity index (χ0n) is 9.41. The molecule has 0 rings (SSSR count). The van der Waals surface area contributed by atoms with Gasteiger partial charge in [0.1, 0.15) is 19.7 Å². The number of hydrogen-bond donors (Lipinski definition) is 1. The van der Waals surface area contributed by atoms with Gasteiger partial charge < -0.3 is 26.7 Å². The molecule has 15 heavy (non-hydrogen) atoms. The standard InChI is InChI=1S/C10H20NO3.ClH/c1-4-10(13)14-9-7-11(3,5-2)6-8-12;/h4,12H,1,5-9H2,2-3H3;1H/q+1;/p-1. The number of hydrogen-bond acceptors (Lipinski definition) is 3. The number of likely N-dealkylation sites (N-methyl/N-ethyl adjacent to an activating group) is 1. The van der Waals surface area contributed by atoms with E-state index in [4.69, 9.17) is 9.84 Å². The molecular weight excluding hydrogens is 218 g/mol. The molecule has 0 heterocycles. The van der Waals surface area contributed by atoms with Gasteiger partial charge in [-0.3, -0.25) is 0 Å². The molecule has 90 valence electrons. The van der Waals surface area contributed by atoms with E-state index in [1.165, 1.54) is 0 Å². The highest BCUT2D eigenvalue weighted by Crippen LogP contribution is 2.00. The number of ether oxygens (including phenoxy) is 1. The minimum Gasteiger partial charge on any atom is -1.00 e. The predicted octanol–water partition coefficient (Wildman–Crippen LogP) is -2.82. The van der Waals surface area contributed by atoms with Gasteiger partial charge in [-0.2, -0.15) is 0 Å². The van der Waals surface area contributed by atoms with E-state index < -0.39 is 5.97 Å². The maximum atomic E-state index is 10.7. The van der Waals surface area contributed by atoms with E-state index >= 15 is 0 Å². The van der Waals surface area contributed by atoms with Gasteiger partial charge in [-0.05, 0) is 6.92 Å². The van der Waals surface area contributed by atoms with Gasteiger partial charge in [0, 0.05) is 6.08 Å². The molecule has 0 amide bonds. The summed E-state index contributed by atoms with van der Waals surface area (Å²) >= 11 is 0. The third kappa shape index (κ3) is 7.36. The molecular formula is C10H20ClNO3. The van der Waals surface area contributed by atoms with Crippen LogP contribution in [0, 0.1) is 0 Å². The second-order valence-electron chi connectivity index (χ2n) is 3.48. The lowest BCUT2D eigenvalue weighted by Gasteiger charge is -2.32. The summed E-state index contributed by atoms with van der Waals surface area (Å²) < 4.78 is 5.59. The van der Waals surface area contributed by atoms with Gasteiger partial charge in [-0.15, -0.1) is 0 Å². The summed E-state index contributed by atoms with van der Waals surface area (Å²) in [5.74, 6) is -0.392. The van der Waals surface area contributed by atoms with E-state index in [2.05, 4.69) is 6.58 Å². The van der Waals surface area contributed by atoms with Crippen molar-refractivity contribution in [3.63, 3.8) is 0 Å². The molecule has 0 aromatic rings. The minimum atomic E-state index is -0.392. The summed E-state index contributed by atoms with van der Waals surface area (Å²) in [4.78, 5) is 10.7. The van der Waals surface area contributed by atoms with E-state index in [0.29, 0.717) is 17.6 Å². The molecule has 0 aliphatic carbocycles. The van der Waals surface area contributed by atoms with Crippen molar-refractivity contribution in [1.82, 2.24) is 0 Å². The number of carbonyl (C=O) groups is 1. The topological polar surface area (TPSA) is 46.5 Å². The van der Waals surface area contributed by atoms with Crippen LogP contribution in [0.5, 0.6) is 0 Å². The molecule has 0 aromatic carbocycles. The monoisotopic (exact) mass is 237 g/mol. The zero-order chi connectivity index (χ0) is 11.0. The Labute approximate surface area is 97.5 Å². The fourth-order valence-corrected chi connectivity index (χ4v) is 1.10. The van der Waals surface area contributed by atoms with Crippen LogP contribution in [-0.2, 0) is 9.53 Å². The van der Waals surface area contributed by atoms with Crippen LogP contribution in [0.4, 0.5) is 0 Å². The Bertz CT molecular complexity index is 199. The normalized spacial score (nSPS) is 13.5. The zero-order valence-corrected chi connectivity index (χ0v) is 10.2. The summed E-state index contributed by atoms with van der Waals surface area (Å²) in [6.45, 7) is 8.19. The highest BCUT2D eigenvalue weighted by Gasteiger charge is 2.18. The molecule has 0 aromatic heterocycles. The van der Waals surface area contributed by atoms with Crippen LogP contribution in [0.25, 0.3) is 0 Å². The summed E-state index contributed by atoms with van der Waals surface area (Å²) in [5.41, 5.74) is 0. The molecule has 1 atom stereocenters. The molecule has 0 spiro atoms. The average Bonchev–Trinajstić information content (AvgIpc) is 2.18. The third-order valence-electron chi connectivity index (χ3n) is 2.45. The molecule has 0 aliphatic rings. The van der Waals surface area contributed by atoms with Crippen molar-refractivity contribution < 1.29 is 31.5 Å². The Kier molecular flexibility index (Phi) is 9.77. The first-order valence-corrected chi connectivity index (χ1v) is 4.81. The lowest BCUT2D eigenvalue weighted by molar-refractivity contribution is -0.908. The fourth-order valence-electron chi connectivity index (χ4n) is 1.10. The SMILES string of the molecule is C=CC(=O)OCC[N+](C)(CC)CCO.[Cl-]. The van der Waals surface area contributed by atoms with Crippen LogP contribution in [0.2, 0.25) is 0 Å². The predicted molar refractivity (Wildman–Crippen MR) is 54.7 cm³/mol. The molecule has 0 bridgehead atoms. The largest absolute Gasteiger partial charge is 1.00 e. The van der Waals surface area contributed by atoms with Crippen LogP contribution in [0.3, 0.4) is 0 Å². The first-order chi connectivity index (χ1) is 6.58. The van der Waals surface area contributed by atoms with Crippen LogP contribution in [0.1, 0.15) is 6.92 Å². The Balaban J connectivity index is 0. The summed E-state index contributed by atoms with van der Waals surface area (Å²) in [6.07, 6.45) is 1.16. The minimum absolute atomic E-state index is 0.